The Morgan fingerprint density at radius 1 is 1.08 bits per heavy atom. The molecule has 1 fully saturated rings. The van der Waals surface area contributed by atoms with Crippen LogP contribution in [-0.4, -0.2) is 46.7 Å². The van der Waals surface area contributed by atoms with Gasteiger partial charge < -0.3 is 17.0 Å². The largest absolute Gasteiger partial charge is 1.00 e. The van der Waals surface area contributed by atoms with Crippen LogP contribution in [0.4, 0.5) is 0 Å². The van der Waals surface area contributed by atoms with Crippen molar-refractivity contribution in [2.75, 3.05) is 18.6 Å². The second-order valence-corrected chi connectivity index (χ2v) is 11.2. The Labute approximate surface area is 239 Å². The molecule has 37 heavy (non-hydrogen) atoms. The van der Waals surface area contributed by atoms with Gasteiger partial charge in [-0.15, -0.1) is 0 Å². The van der Waals surface area contributed by atoms with Crippen LogP contribution in [0, 0.1) is 18.8 Å². The Morgan fingerprint density at radius 2 is 1.81 bits per heavy atom. The van der Waals surface area contributed by atoms with E-state index >= 15 is 0 Å². The van der Waals surface area contributed by atoms with Gasteiger partial charge >= 0.3 is 24.8 Å². The summed E-state index contributed by atoms with van der Waals surface area (Å²) in [6.45, 7) is 2.17. The van der Waals surface area contributed by atoms with E-state index in [1.165, 1.54) is 38.5 Å². The molecule has 1 aliphatic carbocycles. The first-order valence-electron chi connectivity index (χ1n) is 13.2. The van der Waals surface area contributed by atoms with Crippen LogP contribution in [0.5, 0.6) is 0 Å². The van der Waals surface area contributed by atoms with Gasteiger partial charge in [0.1, 0.15) is 6.04 Å². The quantitative estimate of drug-likeness (QED) is 0.354. The number of amides is 1. The molecule has 0 bridgehead atoms. The third kappa shape index (κ3) is 9.52. The summed E-state index contributed by atoms with van der Waals surface area (Å²) in [5.74, 6) is 0.248. The summed E-state index contributed by atoms with van der Waals surface area (Å²) in [6, 6.07) is 12.8. The maximum atomic E-state index is 13.3. The van der Waals surface area contributed by atoms with E-state index in [2.05, 4.69) is 11.4 Å². The SMILES string of the molecule is CSCC[C@H](NC(=O)c1ccc(CC(CO)CCC2CCCCC2)cc1-c1ccccc1C)C(=O)O.[H-].[Li+]. The van der Waals surface area contributed by atoms with E-state index in [9.17, 15) is 19.8 Å². The second-order valence-electron chi connectivity index (χ2n) is 10.2. The summed E-state index contributed by atoms with van der Waals surface area (Å²) in [5.41, 5.74) is 4.39. The van der Waals surface area contributed by atoms with Crippen molar-refractivity contribution >= 4 is 23.6 Å². The van der Waals surface area contributed by atoms with Crippen molar-refractivity contribution in [2.45, 2.75) is 70.8 Å². The molecular formula is C30H42LiNO4S. The molecule has 1 saturated carbocycles. The Morgan fingerprint density at radius 3 is 2.46 bits per heavy atom. The molecule has 0 radical (unpaired) electrons. The average molecular weight is 520 g/mol. The van der Waals surface area contributed by atoms with E-state index < -0.39 is 12.0 Å². The first-order chi connectivity index (χ1) is 17.4. The molecule has 3 N–H and O–H groups in total. The smallest absolute Gasteiger partial charge is 1.00 e. The van der Waals surface area contributed by atoms with E-state index in [1.54, 1.807) is 11.8 Å². The number of thioether (sulfide) groups is 1. The van der Waals surface area contributed by atoms with Crippen LogP contribution in [-0.2, 0) is 11.2 Å². The molecule has 0 aliphatic heterocycles. The maximum absolute atomic E-state index is 13.3. The van der Waals surface area contributed by atoms with E-state index in [-0.39, 0.29) is 38.7 Å². The normalized spacial score (nSPS) is 15.4. The first-order valence-corrected chi connectivity index (χ1v) is 14.6. The molecule has 2 aromatic rings. The van der Waals surface area contributed by atoms with Gasteiger partial charge in [-0.1, -0.05) is 74.9 Å². The van der Waals surface area contributed by atoms with Crippen molar-refractivity contribution in [3.05, 3.63) is 59.2 Å². The van der Waals surface area contributed by atoms with Crippen LogP contribution < -0.4 is 24.2 Å². The van der Waals surface area contributed by atoms with Gasteiger partial charge in [0.05, 0.1) is 0 Å². The number of carbonyl (C=O) groups is 2. The third-order valence-electron chi connectivity index (χ3n) is 7.47. The molecular weight excluding hydrogens is 477 g/mol. The van der Waals surface area contributed by atoms with Crippen LogP contribution in [0.25, 0.3) is 11.1 Å². The summed E-state index contributed by atoms with van der Waals surface area (Å²) >= 11 is 1.56. The molecule has 0 spiro atoms. The standard InChI is InChI=1S/C30H41NO4S.Li.H/c1-21-8-6-7-11-25(21)27-19-23(18-24(20-32)13-12-22-9-4-3-5-10-22)14-15-26(27)29(33)31-28(30(34)35)16-17-36-2;;/h6-8,11,14-15,19,22,24,28,32H,3-5,9-10,12-13,16-18,20H2,1-2H3,(H,31,33)(H,34,35);;/q;+1;-1/t24?,28-;;/m0../s1. The number of aliphatic hydroxyl groups excluding tert-OH is 1. The fourth-order valence-corrected chi connectivity index (χ4v) is 5.75. The average Bonchev–Trinajstić information content (AvgIpc) is 2.89. The molecule has 198 valence electrons. The van der Waals surface area contributed by atoms with Gasteiger partial charge in [-0.25, -0.2) is 4.79 Å². The van der Waals surface area contributed by atoms with Gasteiger partial charge in [-0.3, -0.25) is 4.79 Å². The molecule has 0 heterocycles. The Balaban J connectivity index is 0.00000361. The van der Waals surface area contributed by atoms with Gasteiger partial charge in [0.2, 0.25) is 0 Å². The predicted octanol–water partition coefficient (Wildman–Crippen LogP) is 3.23. The predicted molar refractivity (Wildman–Crippen MR) is 150 cm³/mol. The van der Waals surface area contributed by atoms with Gasteiger partial charge in [-0.05, 0) is 78.4 Å². The Bertz CT molecular complexity index is 1020. The van der Waals surface area contributed by atoms with E-state index in [1.807, 2.05) is 49.6 Å². The van der Waals surface area contributed by atoms with Crippen molar-refractivity contribution in [3.63, 3.8) is 0 Å². The molecule has 0 aromatic heterocycles. The van der Waals surface area contributed by atoms with Gasteiger partial charge in [0, 0.05) is 12.2 Å². The number of carboxylic acid groups (broad SMARTS) is 1. The third-order valence-corrected chi connectivity index (χ3v) is 8.11. The number of carboxylic acids is 1. The first kappa shape index (κ1) is 31.5. The molecule has 7 heteroatoms. The van der Waals surface area contributed by atoms with Gasteiger partial charge in [0.25, 0.3) is 5.91 Å². The molecule has 2 aromatic carbocycles. The van der Waals surface area contributed by atoms with Gasteiger partial charge in [-0.2, -0.15) is 11.8 Å². The van der Waals surface area contributed by atoms with Crippen molar-refractivity contribution in [1.82, 2.24) is 5.32 Å². The van der Waals surface area contributed by atoms with E-state index in [0.29, 0.717) is 17.7 Å². The van der Waals surface area contributed by atoms with Crippen LogP contribution >= 0.6 is 11.8 Å². The summed E-state index contributed by atoms with van der Waals surface area (Å²) in [5, 5.41) is 22.4. The van der Waals surface area contributed by atoms with Crippen molar-refractivity contribution in [2.24, 2.45) is 11.8 Å². The topological polar surface area (TPSA) is 86.6 Å². The monoisotopic (exact) mass is 519 g/mol. The molecule has 1 aliphatic rings. The number of hydrogen-bond donors (Lipinski definition) is 3. The molecule has 5 nitrogen and oxygen atoms in total. The number of nitrogens with one attached hydrogen (secondary N) is 1. The zero-order valence-electron chi connectivity index (χ0n) is 23.7. The molecule has 2 atom stereocenters. The van der Waals surface area contributed by atoms with Crippen LogP contribution in [0.1, 0.15) is 74.3 Å². The molecule has 1 unspecified atom stereocenters. The number of aryl methyl sites for hydroxylation is 1. The zero-order chi connectivity index (χ0) is 25.9. The molecule has 0 saturated heterocycles. The van der Waals surface area contributed by atoms with Crippen LogP contribution in [0.2, 0.25) is 0 Å². The van der Waals surface area contributed by atoms with Crippen molar-refractivity contribution < 1.29 is 40.1 Å². The maximum Gasteiger partial charge on any atom is 1.00 e. The molecule has 3 rings (SSSR count). The molecule has 1 amide bonds. The summed E-state index contributed by atoms with van der Waals surface area (Å²) in [6.07, 6.45) is 11.9. The van der Waals surface area contributed by atoms with Crippen LogP contribution in [0.15, 0.2) is 42.5 Å². The minimum Gasteiger partial charge on any atom is -1.00 e. The van der Waals surface area contributed by atoms with Crippen molar-refractivity contribution in [3.8, 4) is 11.1 Å². The number of rotatable bonds is 13. The Kier molecular flexibility index (Phi) is 13.9. The summed E-state index contributed by atoms with van der Waals surface area (Å²) in [7, 11) is 0. The fraction of sp³-hybridized carbons (Fsp3) is 0.533. The summed E-state index contributed by atoms with van der Waals surface area (Å²) < 4.78 is 0. The minimum absolute atomic E-state index is 0. The fourth-order valence-electron chi connectivity index (χ4n) is 5.28. The number of benzene rings is 2. The second kappa shape index (κ2) is 16.3. The van der Waals surface area contributed by atoms with Gasteiger partial charge in [0.15, 0.2) is 0 Å². The summed E-state index contributed by atoms with van der Waals surface area (Å²) in [4.78, 5) is 25.0. The number of carbonyl (C=O) groups excluding carboxylic acids is 1. The number of hydrogen-bond acceptors (Lipinski definition) is 4. The minimum atomic E-state index is -1.02. The van der Waals surface area contributed by atoms with E-state index in [4.69, 9.17) is 0 Å². The van der Waals surface area contributed by atoms with Crippen molar-refractivity contribution in [1.29, 1.82) is 0 Å². The van der Waals surface area contributed by atoms with Crippen LogP contribution in [0.3, 0.4) is 0 Å². The van der Waals surface area contributed by atoms with E-state index in [0.717, 1.165) is 41.0 Å². The Hall–Kier alpha value is -1.71. The number of aliphatic hydroxyl groups is 1. The zero-order valence-corrected chi connectivity index (χ0v) is 23.5. The number of aliphatic carboxylic acids is 1.